The van der Waals surface area contributed by atoms with Crippen LogP contribution in [0, 0.1) is 6.92 Å². The van der Waals surface area contributed by atoms with Crippen LogP contribution in [0.15, 0.2) is 6.20 Å². The highest BCUT2D eigenvalue weighted by Crippen LogP contribution is 2.39. The SMILES string of the molecule is CCOC1OCc2c(C)ncc(OC(C)=O)c21. The van der Waals surface area contributed by atoms with Crippen LogP contribution < -0.4 is 4.74 Å². The molecule has 2 heterocycles. The molecule has 1 aromatic heterocycles. The van der Waals surface area contributed by atoms with E-state index < -0.39 is 6.29 Å². The maximum absolute atomic E-state index is 11.0. The fourth-order valence-electron chi connectivity index (χ4n) is 1.85. The standard InChI is InChI=1S/C12H15NO4/c1-4-15-12-11-9(6-16-12)7(2)13-5-10(11)17-8(3)14/h5,12H,4,6H2,1-3H3. The van der Waals surface area contributed by atoms with E-state index in [-0.39, 0.29) is 5.97 Å². The number of ether oxygens (including phenoxy) is 3. The Morgan fingerprint density at radius 3 is 3.06 bits per heavy atom. The molecule has 17 heavy (non-hydrogen) atoms. The van der Waals surface area contributed by atoms with Gasteiger partial charge in [0.2, 0.25) is 0 Å². The summed E-state index contributed by atoms with van der Waals surface area (Å²) in [7, 11) is 0. The van der Waals surface area contributed by atoms with Crippen molar-refractivity contribution in [3.63, 3.8) is 0 Å². The molecule has 0 aromatic carbocycles. The van der Waals surface area contributed by atoms with E-state index in [9.17, 15) is 4.79 Å². The molecule has 1 aliphatic heterocycles. The van der Waals surface area contributed by atoms with E-state index in [1.54, 1.807) is 0 Å². The topological polar surface area (TPSA) is 57.6 Å². The summed E-state index contributed by atoms with van der Waals surface area (Å²) in [6, 6.07) is 0. The Balaban J connectivity index is 2.41. The summed E-state index contributed by atoms with van der Waals surface area (Å²) in [5.74, 6) is 0.0500. The fourth-order valence-corrected chi connectivity index (χ4v) is 1.85. The molecule has 0 saturated carbocycles. The van der Waals surface area contributed by atoms with Crippen LogP contribution >= 0.6 is 0 Å². The predicted octanol–water partition coefficient (Wildman–Crippen LogP) is 1.88. The molecule has 0 spiro atoms. The first-order valence-corrected chi connectivity index (χ1v) is 5.53. The molecule has 5 nitrogen and oxygen atoms in total. The molecule has 1 atom stereocenters. The molecule has 1 aliphatic rings. The molecular formula is C12H15NO4. The van der Waals surface area contributed by atoms with E-state index in [0.29, 0.717) is 19.0 Å². The summed E-state index contributed by atoms with van der Waals surface area (Å²) in [6.07, 6.45) is 1.07. The highest BCUT2D eigenvalue weighted by molar-refractivity contribution is 5.70. The number of hydrogen-bond donors (Lipinski definition) is 0. The minimum Gasteiger partial charge on any atom is -0.425 e. The highest BCUT2D eigenvalue weighted by atomic mass is 16.7. The molecule has 2 rings (SSSR count). The number of fused-ring (bicyclic) bond motifs is 1. The van der Waals surface area contributed by atoms with Gasteiger partial charge in [-0.2, -0.15) is 0 Å². The number of aromatic nitrogens is 1. The van der Waals surface area contributed by atoms with E-state index in [2.05, 4.69) is 4.98 Å². The number of carbonyl (C=O) groups is 1. The number of rotatable bonds is 3. The first kappa shape index (κ1) is 12.0. The van der Waals surface area contributed by atoms with Crippen molar-refractivity contribution in [1.29, 1.82) is 0 Å². The maximum atomic E-state index is 11.0. The lowest BCUT2D eigenvalue weighted by molar-refractivity contribution is -0.137. The smallest absolute Gasteiger partial charge is 0.308 e. The van der Waals surface area contributed by atoms with Crippen LogP contribution in [0.3, 0.4) is 0 Å². The van der Waals surface area contributed by atoms with Crippen LogP contribution in [0.4, 0.5) is 0 Å². The molecule has 0 saturated heterocycles. The molecule has 0 bridgehead atoms. The van der Waals surface area contributed by atoms with Gasteiger partial charge in [-0.25, -0.2) is 0 Å². The van der Waals surface area contributed by atoms with Crippen molar-refractivity contribution in [2.45, 2.75) is 33.7 Å². The highest BCUT2D eigenvalue weighted by Gasteiger charge is 2.30. The minimum atomic E-state index is -0.467. The third-order valence-corrected chi connectivity index (χ3v) is 2.59. The van der Waals surface area contributed by atoms with Crippen molar-refractivity contribution < 1.29 is 19.0 Å². The molecule has 0 N–H and O–H groups in total. The normalized spacial score (nSPS) is 17.9. The monoisotopic (exact) mass is 237 g/mol. The second-order valence-electron chi connectivity index (χ2n) is 3.79. The molecule has 92 valence electrons. The van der Waals surface area contributed by atoms with Crippen LogP contribution in [-0.4, -0.2) is 17.6 Å². The van der Waals surface area contributed by atoms with Crippen LogP contribution in [0.25, 0.3) is 0 Å². The van der Waals surface area contributed by atoms with Gasteiger partial charge in [-0.15, -0.1) is 0 Å². The summed E-state index contributed by atoms with van der Waals surface area (Å²) in [4.78, 5) is 15.2. The molecule has 0 amide bonds. The van der Waals surface area contributed by atoms with Gasteiger partial charge in [0.1, 0.15) is 0 Å². The number of nitrogens with zero attached hydrogens (tertiary/aromatic N) is 1. The number of hydrogen-bond acceptors (Lipinski definition) is 5. The average molecular weight is 237 g/mol. The van der Waals surface area contributed by atoms with Gasteiger partial charge in [-0.1, -0.05) is 0 Å². The van der Waals surface area contributed by atoms with E-state index in [1.807, 2.05) is 13.8 Å². The van der Waals surface area contributed by atoms with Gasteiger partial charge in [0.25, 0.3) is 0 Å². The Labute approximate surface area is 99.7 Å². The second kappa shape index (κ2) is 4.81. The van der Waals surface area contributed by atoms with Crippen LogP contribution in [-0.2, 0) is 20.9 Å². The Morgan fingerprint density at radius 2 is 2.41 bits per heavy atom. The third kappa shape index (κ3) is 2.30. The lowest BCUT2D eigenvalue weighted by atomic mass is 10.1. The predicted molar refractivity (Wildman–Crippen MR) is 59.4 cm³/mol. The quantitative estimate of drug-likeness (QED) is 0.751. The zero-order chi connectivity index (χ0) is 12.4. The molecule has 1 unspecified atom stereocenters. The first-order valence-electron chi connectivity index (χ1n) is 5.53. The Bertz CT molecular complexity index is 444. The molecule has 0 fully saturated rings. The van der Waals surface area contributed by atoms with E-state index in [0.717, 1.165) is 16.8 Å². The van der Waals surface area contributed by atoms with Gasteiger partial charge in [0.15, 0.2) is 12.0 Å². The minimum absolute atomic E-state index is 0.375. The van der Waals surface area contributed by atoms with Crippen LogP contribution in [0.1, 0.15) is 37.0 Å². The Kier molecular flexibility index (Phi) is 3.40. The molecule has 0 aliphatic carbocycles. The van der Waals surface area contributed by atoms with Crippen molar-refractivity contribution >= 4 is 5.97 Å². The van der Waals surface area contributed by atoms with Crippen molar-refractivity contribution in [3.8, 4) is 5.75 Å². The van der Waals surface area contributed by atoms with Crippen molar-refractivity contribution in [1.82, 2.24) is 4.98 Å². The first-order chi connectivity index (χ1) is 8.13. The van der Waals surface area contributed by atoms with Gasteiger partial charge in [0, 0.05) is 24.8 Å². The number of aryl methyl sites for hydroxylation is 1. The van der Waals surface area contributed by atoms with Crippen LogP contribution in [0.2, 0.25) is 0 Å². The summed E-state index contributed by atoms with van der Waals surface area (Å²) >= 11 is 0. The Morgan fingerprint density at radius 1 is 1.65 bits per heavy atom. The van der Waals surface area contributed by atoms with Gasteiger partial charge in [-0.3, -0.25) is 9.78 Å². The van der Waals surface area contributed by atoms with E-state index in [4.69, 9.17) is 14.2 Å². The van der Waals surface area contributed by atoms with Gasteiger partial charge in [0.05, 0.1) is 18.4 Å². The average Bonchev–Trinajstić information content (AvgIpc) is 2.68. The van der Waals surface area contributed by atoms with Crippen molar-refractivity contribution in [2.24, 2.45) is 0 Å². The number of pyridine rings is 1. The summed E-state index contributed by atoms with van der Waals surface area (Å²) in [5, 5.41) is 0. The van der Waals surface area contributed by atoms with Gasteiger partial charge < -0.3 is 14.2 Å². The van der Waals surface area contributed by atoms with Crippen molar-refractivity contribution in [3.05, 3.63) is 23.0 Å². The van der Waals surface area contributed by atoms with Gasteiger partial charge in [-0.05, 0) is 13.8 Å². The largest absolute Gasteiger partial charge is 0.425 e. The van der Waals surface area contributed by atoms with Crippen LogP contribution in [0.5, 0.6) is 5.75 Å². The number of esters is 1. The summed E-state index contributed by atoms with van der Waals surface area (Å²) < 4.78 is 16.1. The zero-order valence-corrected chi connectivity index (χ0v) is 10.1. The van der Waals surface area contributed by atoms with Crippen molar-refractivity contribution in [2.75, 3.05) is 6.61 Å². The zero-order valence-electron chi connectivity index (χ0n) is 10.1. The third-order valence-electron chi connectivity index (χ3n) is 2.59. The molecule has 5 heteroatoms. The Hall–Kier alpha value is -1.46. The summed E-state index contributed by atoms with van der Waals surface area (Å²) in [5.41, 5.74) is 2.61. The number of carbonyl (C=O) groups excluding carboxylic acids is 1. The lowest BCUT2D eigenvalue weighted by Gasteiger charge is -2.14. The van der Waals surface area contributed by atoms with E-state index >= 15 is 0 Å². The molecule has 0 radical (unpaired) electrons. The summed E-state index contributed by atoms with van der Waals surface area (Å²) in [6.45, 7) is 6.12. The lowest BCUT2D eigenvalue weighted by Crippen LogP contribution is -2.09. The second-order valence-corrected chi connectivity index (χ2v) is 3.79. The fraction of sp³-hybridized carbons (Fsp3) is 0.500. The van der Waals surface area contributed by atoms with Gasteiger partial charge >= 0.3 is 5.97 Å². The maximum Gasteiger partial charge on any atom is 0.308 e. The molecule has 1 aromatic rings. The molecular weight excluding hydrogens is 222 g/mol. The van der Waals surface area contributed by atoms with E-state index in [1.165, 1.54) is 13.1 Å².